The lowest BCUT2D eigenvalue weighted by molar-refractivity contribution is -0.192. The number of amides is 2. The fourth-order valence-corrected chi connectivity index (χ4v) is 5.26. The van der Waals surface area contributed by atoms with Crippen molar-refractivity contribution in [1.82, 2.24) is 14.5 Å². The largest absolute Gasteiger partial charge is 0.490 e. The number of likely N-dealkylation sites (tertiary alicyclic amines) is 2. The van der Waals surface area contributed by atoms with E-state index in [0.29, 0.717) is 13.0 Å². The van der Waals surface area contributed by atoms with Gasteiger partial charge in [-0.15, -0.1) is 0 Å². The Balaban J connectivity index is 0.000000604. The third-order valence-electron chi connectivity index (χ3n) is 6.14. The molecule has 2 aliphatic rings. The summed E-state index contributed by atoms with van der Waals surface area (Å²) in [6.07, 6.45) is 0.277. The lowest BCUT2D eigenvalue weighted by Crippen LogP contribution is -2.53. The fourth-order valence-electron chi connectivity index (χ4n) is 4.56. The van der Waals surface area contributed by atoms with Crippen molar-refractivity contribution in [1.29, 1.82) is 0 Å². The minimum atomic E-state index is -5.08. The molecule has 208 valence electrons. The van der Waals surface area contributed by atoms with Crippen LogP contribution in [0, 0.1) is 5.92 Å². The molecule has 3 atom stereocenters. The van der Waals surface area contributed by atoms with E-state index < -0.39 is 46.1 Å². The van der Waals surface area contributed by atoms with E-state index in [2.05, 4.69) is 9.62 Å². The number of nitrogens with one attached hydrogen (secondary N) is 1. The summed E-state index contributed by atoms with van der Waals surface area (Å²) >= 11 is 0. The summed E-state index contributed by atoms with van der Waals surface area (Å²) in [5.74, 6) is -3.54. The Kier molecular flexibility index (Phi) is 10.9. The molecule has 2 saturated heterocycles. The first-order chi connectivity index (χ1) is 17.2. The Bertz CT molecular complexity index is 1030. The standard InChI is InChI=1S/C21H32N4O4S.C2HF3O2/c1-30(28,29)23-18(12-16-8-4-2-5-9-16)21(27)25-15-17(13-19(25)20(22)26)14-24-10-6-3-7-11-24;3-2(4,5)1(6)7/h2,4-5,8-9,17-19,23H,3,6-7,10-15H2,1H3,(H2,22,26);(H,6,7)/t17?,18-,19+;/m1./s1. The van der Waals surface area contributed by atoms with Crippen molar-refractivity contribution in [3.63, 3.8) is 0 Å². The molecule has 0 radical (unpaired) electrons. The summed E-state index contributed by atoms with van der Waals surface area (Å²) in [6.45, 7) is 3.33. The predicted molar refractivity (Wildman–Crippen MR) is 129 cm³/mol. The average Bonchev–Trinajstić information content (AvgIpc) is 3.22. The van der Waals surface area contributed by atoms with E-state index in [1.165, 1.54) is 24.2 Å². The van der Waals surface area contributed by atoms with Gasteiger partial charge in [-0.05, 0) is 50.3 Å². The van der Waals surface area contributed by atoms with Crippen molar-refractivity contribution >= 4 is 27.8 Å². The van der Waals surface area contributed by atoms with E-state index in [9.17, 15) is 31.2 Å². The first-order valence-corrected chi connectivity index (χ1v) is 13.7. The van der Waals surface area contributed by atoms with Gasteiger partial charge >= 0.3 is 12.1 Å². The Morgan fingerprint density at radius 2 is 1.70 bits per heavy atom. The molecule has 2 aliphatic heterocycles. The summed E-state index contributed by atoms with van der Waals surface area (Å²) in [5, 5.41) is 7.12. The molecule has 14 heteroatoms. The number of nitrogens with zero attached hydrogens (tertiary/aromatic N) is 2. The van der Waals surface area contributed by atoms with Gasteiger partial charge in [0.05, 0.1) is 6.26 Å². The van der Waals surface area contributed by atoms with E-state index >= 15 is 0 Å². The van der Waals surface area contributed by atoms with Crippen LogP contribution in [0.5, 0.6) is 0 Å². The topological polar surface area (TPSA) is 150 Å². The molecule has 1 aromatic rings. The average molecular weight is 551 g/mol. The number of nitrogens with two attached hydrogens (primary N) is 1. The zero-order chi connectivity index (χ0) is 27.8. The second-order valence-electron chi connectivity index (χ2n) is 9.31. The number of carboxylic acid groups (broad SMARTS) is 1. The summed E-state index contributed by atoms with van der Waals surface area (Å²) in [7, 11) is -3.61. The van der Waals surface area contributed by atoms with Gasteiger partial charge in [-0.3, -0.25) is 9.59 Å². The minimum absolute atomic E-state index is 0.153. The molecule has 0 spiro atoms. The number of benzene rings is 1. The van der Waals surface area contributed by atoms with Crippen LogP contribution in [0.1, 0.15) is 31.2 Å². The summed E-state index contributed by atoms with van der Waals surface area (Å²) < 4.78 is 58.0. The molecule has 0 saturated carbocycles. The van der Waals surface area contributed by atoms with Gasteiger partial charge in [-0.2, -0.15) is 13.2 Å². The van der Waals surface area contributed by atoms with Gasteiger partial charge in [0.15, 0.2) is 0 Å². The molecule has 1 unspecified atom stereocenters. The summed E-state index contributed by atoms with van der Waals surface area (Å²) in [4.78, 5) is 38.2. The fraction of sp³-hybridized carbons (Fsp3) is 0.609. The molecule has 3 rings (SSSR count). The number of sulfonamides is 1. The molecule has 2 amide bonds. The van der Waals surface area contributed by atoms with E-state index in [4.69, 9.17) is 15.6 Å². The van der Waals surface area contributed by atoms with Crippen LogP contribution in [0.15, 0.2) is 30.3 Å². The van der Waals surface area contributed by atoms with Crippen LogP contribution in [-0.4, -0.2) is 91.8 Å². The Hall–Kier alpha value is -2.71. The maximum Gasteiger partial charge on any atom is 0.490 e. The molecule has 1 aromatic carbocycles. The third kappa shape index (κ3) is 10.3. The molecule has 2 fully saturated rings. The highest BCUT2D eigenvalue weighted by molar-refractivity contribution is 7.88. The molecular weight excluding hydrogens is 517 g/mol. The number of rotatable bonds is 8. The number of carboxylic acids is 1. The van der Waals surface area contributed by atoms with Crippen LogP contribution in [0.25, 0.3) is 0 Å². The lowest BCUT2D eigenvalue weighted by Gasteiger charge is -2.29. The SMILES string of the molecule is CS(=O)(=O)N[C@H](Cc1ccccc1)C(=O)N1CC(CN2CCCCC2)C[C@H]1C(N)=O.O=C(O)C(F)(F)F. The van der Waals surface area contributed by atoms with E-state index in [-0.39, 0.29) is 12.3 Å². The van der Waals surface area contributed by atoms with Crippen LogP contribution >= 0.6 is 0 Å². The Labute approximate surface area is 214 Å². The highest BCUT2D eigenvalue weighted by Crippen LogP contribution is 2.26. The van der Waals surface area contributed by atoms with Gasteiger partial charge in [-0.25, -0.2) is 17.9 Å². The van der Waals surface area contributed by atoms with Gasteiger partial charge in [0, 0.05) is 13.1 Å². The molecule has 0 aromatic heterocycles. The predicted octanol–water partition coefficient (Wildman–Crippen LogP) is 0.969. The smallest absolute Gasteiger partial charge is 0.475 e. The molecule has 0 bridgehead atoms. The van der Waals surface area contributed by atoms with Crippen LogP contribution in [-0.2, 0) is 30.8 Å². The second kappa shape index (κ2) is 13.2. The van der Waals surface area contributed by atoms with E-state index in [1.807, 2.05) is 30.3 Å². The summed E-state index contributed by atoms with van der Waals surface area (Å²) in [6, 6.07) is 7.56. The lowest BCUT2D eigenvalue weighted by atomic mass is 10.0. The van der Waals surface area contributed by atoms with Gasteiger partial charge in [0.2, 0.25) is 21.8 Å². The third-order valence-corrected chi connectivity index (χ3v) is 6.86. The number of hydrogen-bond acceptors (Lipinski definition) is 6. The quantitative estimate of drug-likeness (QED) is 0.437. The van der Waals surface area contributed by atoms with Crippen LogP contribution < -0.4 is 10.5 Å². The van der Waals surface area contributed by atoms with Crippen molar-refractivity contribution in [2.75, 3.05) is 32.4 Å². The Morgan fingerprint density at radius 3 is 2.19 bits per heavy atom. The molecular formula is C23H33F3N4O6S. The number of alkyl halides is 3. The second-order valence-corrected chi connectivity index (χ2v) is 11.1. The normalized spacial score (nSPS) is 21.6. The zero-order valence-corrected chi connectivity index (χ0v) is 21.3. The number of carbonyl (C=O) groups excluding carboxylic acids is 2. The highest BCUT2D eigenvalue weighted by Gasteiger charge is 2.42. The van der Waals surface area contributed by atoms with Gasteiger partial charge in [0.25, 0.3) is 0 Å². The maximum absolute atomic E-state index is 13.4. The monoisotopic (exact) mass is 550 g/mol. The van der Waals surface area contributed by atoms with Crippen molar-refractivity contribution in [3.8, 4) is 0 Å². The number of primary amides is 1. The van der Waals surface area contributed by atoms with Crippen LogP contribution in [0.4, 0.5) is 13.2 Å². The summed E-state index contributed by atoms with van der Waals surface area (Å²) in [5.41, 5.74) is 6.46. The van der Waals surface area contributed by atoms with Gasteiger partial charge in [-0.1, -0.05) is 36.8 Å². The number of aliphatic carboxylic acids is 1. The van der Waals surface area contributed by atoms with Crippen molar-refractivity contribution < 1.29 is 41.1 Å². The first kappa shape index (κ1) is 30.5. The molecule has 4 N–H and O–H groups in total. The van der Waals surface area contributed by atoms with Crippen LogP contribution in [0.3, 0.4) is 0 Å². The highest BCUT2D eigenvalue weighted by atomic mass is 32.2. The van der Waals surface area contributed by atoms with Crippen molar-refractivity contribution in [2.24, 2.45) is 11.7 Å². The molecule has 2 heterocycles. The number of piperidine rings is 1. The van der Waals surface area contributed by atoms with E-state index in [0.717, 1.165) is 31.5 Å². The zero-order valence-electron chi connectivity index (χ0n) is 20.5. The number of carbonyl (C=O) groups is 3. The number of halogens is 3. The molecule has 10 nitrogen and oxygen atoms in total. The molecule has 0 aliphatic carbocycles. The van der Waals surface area contributed by atoms with Crippen molar-refractivity contribution in [3.05, 3.63) is 35.9 Å². The first-order valence-electron chi connectivity index (χ1n) is 11.8. The van der Waals surface area contributed by atoms with Crippen LogP contribution in [0.2, 0.25) is 0 Å². The van der Waals surface area contributed by atoms with Gasteiger partial charge in [0.1, 0.15) is 12.1 Å². The van der Waals surface area contributed by atoms with Crippen molar-refractivity contribution in [2.45, 2.75) is 50.4 Å². The number of hydrogen-bond donors (Lipinski definition) is 3. The van der Waals surface area contributed by atoms with Gasteiger partial charge < -0.3 is 20.6 Å². The maximum atomic E-state index is 13.4. The van der Waals surface area contributed by atoms with E-state index in [1.54, 1.807) is 0 Å². The minimum Gasteiger partial charge on any atom is -0.475 e. The molecule has 37 heavy (non-hydrogen) atoms. The Morgan fingerprint density at radius 1 is 1.14 bits per heavy atom.